The van der Waals surface area contributed by atoms with Gasteiger partial charge in [0.15, 0.2) is 0 Å². The summed E-state index contributed by atoms with van der Waals surface area (Å²) in [4.78, 5) is 14.1. The van der Waals surface area contributed by atoms with E-state index in [1.54, 1.807) is 16.7 Å². The number of pyridine rings is 1. The topological polar surface area (TPSA) is 37.3 Å². The Balaban J connectivity index is 1.97. The lowest BCUT2D eigenvalue weighted by atomic mass is 10.1. The van der Waals surface area contributed by atoms with E-state index in [1.165, 1.54) is 0 Å². The van der Waals surface area contributed by atoms with Crippen LogP contribution in [0.3, 0.4) is 0 Å². The normalized spacial score (nSPS) is 26.0. The van der Waals surface area contributed by atoms with Crippen LogP contribution < -0.4 is 10.9 Å². The predicted molar refractivity (Wildman–Crippen MR) is 69.2 cm³/mol. The molecule has 2 unspecified atom stereocenters. The highest BCUT2D eigenvalue weighted by Gasteiger charge is 2.23. The lowest BCUT2D eigenvalue weighted by Crippen LogP contribution is -2.55. The van der Waals surface area contributed by atoms with Gasteiger partial charge < -0.3 is 9.88 Å². The van der Waals surface area contributed by atoms with Crippen LogP contribution in [0.25, 0.3) is 0 Å². The molecule has 0 radical (unpaired) electrons. The first-order chi connectivity index (χ1) is 8.18. The molecule has 1 aliphatic heterocycles. The van der Waals surface area contributed by atoms with Gasteiger partial charge in [0.25, 0.3) is 5.56 Å². The molecule has 17 heavy (non-hydrogen) atoms. The summed E-state index contributed by atoms with van der Waals surface area (Å²) in [5.74, 6) is 0. The molecule has 2 rings (SSSR count). The number of hydrogen-bond donors (Lipinski definition) is 1. The second-order valence-electron chi connectivity index (χ2n) is 4.83. The Morgan fingerprint density at radius 2 is 1.94 bits per heavy atom. The van der Waals surface area contributed by atoms with Crippen molar-refractivity contribution in [2.45, 2.75) is 32.5 Å². The zero-order valence-corrected chi connectivity index (χ0v) is 10.6. The number of aromatic nitrogens is 1. The summed E-state index contributed by atoms with van der Waals surface area (Å²) < 4.78 is 1.78. The average molecular weight is 235 g/mol. The van der Waals surface area contributed by atoms with Gasteiger partial charge >= 0.3 is 0 Å². The molecule has 1 aromatic rings. The minimum Gasteiger partial charge on any atom is -0.314 e. The van der Waals surface area contributed by atoms with Gasteiger partial charge in [-0.1, -0.05) is 6.07 Å². The van der Waals surface area contributed by atoms with Crippen molar-refractivity contribution in [2.24, 2.45) is 0 Å². The Hall–Kier alpha value is -1.13. The van der Waals surface area contributed by atoms with Gasteiger partial charge in [-0.15, -0.1) is 0 Å². The predicted octanol–water partition coefficient (Wildman–Crippen LogP) is 0.530. The van der Waals surface area contributed by atoms with Crippen LogP contribution in [-0.2, 0) is 6.54 Å². The van der Waals surface area contributed by atoms with Crippen LogP contribution in [-0.4, -0.2) is 41.2 Å². The summed E-state index contributed by atoms with van der Waals surface area (Å²) in [6.07, 6.45) is 1.86. The highest BCUT2D eigenvalue weighted by atomic mass is 16.1. The van der Waals surface area contributed by atoms with Crippen LogP contribution in [0.1, 0.15) is 13.8 Å². The number of nitrogens with one attached hydrogen (secondary N) is 1. The minimum absolute atomic E-state index is 0.0861. The highest BCUT2D eigenvalue weighted by molar-refractivity contribution is 4.93. The Bertz CT molecular complexity index is 405. The molecule has 2 atom stereocenters. The molecule has 1 aliphatic rings. The van der Waals surface area contributed by atoms with Crippen molar-refractivity contribution in [2.75, 3.05) is 19.6 Å². The molecule has 94 valence electrons. The lowest BCUT2D eigenvalue weighted by Gasteiger charge is -2.39. The number of hydrogen-bond acceptors (Lipinski definition) is 3. The maximum absolute atomic E-state index is 11.6. The molecule has 0 spiro atoms. The third kappa shape index (κ3) is 2.96. The number of piperazine rings is 1. The van der Waals surface area contributed by atoms with Gasteiger partial charge in [0.2, 0.25) is 0 Å². The van der Waals surface area contributed by atoms with Gasteiger partial charge in [-0.3, -0.25) is 9.69 Å². The Kier molecular flexibility index (Phi) is 3.97. The van der Waals surface area contributed by atoms with E-state index >= 15 is 0 Å². The Morgan fingerprint density at radius 3 is 2.59 bits per heavy atom. The van der Waals surface area contributed by atoms with Crippen molar-refractivity contribution in [3.05, 3.63) is 34.7 Å². The van der Waals surface area contributed by atoms with Gasteiger partial charge in [0.1, 0.15) is 0 Å². The number of rotatable bonds is 3. The van der Waals surface area contributed by atoms with Gasteiger partial charge in [-0.2, -0.15) is 0 Å². The summed E-state index contributed by atoms with van der Waals surface area (Å²) in [7, 11) is 0. The zero-order chi connectivity index (χ0) is 12.3. The quantitative estimate of drug-likeness (QED) is 0.830. The fraction of sp³-hybridized carbons (Fsp3) is 0.615. The van der Waals surface area contributed by atoms with Crippen molar-refractivity contribution < 1.29 is 0 Å². The van der Waals surface area contributed by atoms with Crippen LogP contribution in [0.15, 0.2) is 29.2 Å². The zero-order valence-electron chi connectivity index (χ0n) is 10.6. The van der Waals surface area contributed by atoms with Crippen LogP contribution >= 0.6 is 0 Å². The van der Waals surface area contributed by atoms with E-state index in [1.807, 2.05) is 12.3 Å². The van der Waals surface area contributed by atoms with E-state index in [0.717, 1.165) is 26.2 Å². The lowest BCUT2D eigenvalue weighted by molar-refractivity contribution is 0.112. The van der Waals surface area contributed by atoms with Crippen LogP contribution in [0.2, 0.25) is 0 Å². The Labute approximate surface area is 102 Å². The third-order valence-electron chi connectivity index (χ3n) is 3.51. The highest BCUT2D eigenvalue weighted by Crippen LogP contribution is 2.09. The summed E-state index contributed by atoms with van der Waals surface area (Å²) in [5.41, 5.74) is 0.0861. The van der Waals surface area contributed by atoms with Gasteiger partial charge in [-0.05, 0) is 19.9 Å². The van der Waals surface area contributed by atoms with E-state index in [9.17, 15) is 4.79 Å². The SMILES string of the molecule is CC1CNCC(C)N1CCn1ccccc1=O. The monoisotopic (exact) mass is 235 g/mol. The molecule has 0 aliphatic carbocycles. The van der Waals surface area contributed by atoms with Gasteiger partial charge in [0.05, 0.1) is 0 Å². The van der Waals surface area contributed by atoms with Crippen LogP contribution in [0, 0.1) is 0 Å². The maximum atomic E-state index is 11.6. The first kappa shape index (κ1) is 12.3. The molecule has 4 heteroatoms. The molecule has 1 N–H and O–H groups in total. The molecule has 0 amide bonds. The van der Waals surface area contributed by atoms with Crippen LogP contribution in [0.4, 0.5) is 0 Å². The minimum atomic E-state index is 0.0861. The number of nitrogens with zero attached hydrogens (tertiary/aromatic N) is 2. The van der Waals surface area contributed by atoms with E-state index in [2.05, 4.69) is 24.1 Å². The maximum Gasteiger partial charge on any atom is 0.250 e. The fourth-order valence-electron chi connectivity index (χ4n) is 2.48. The van der Waals surface area contributed by atoms with E-state index < -0.39 is 0 Å². The van der Waals surface area contributed by atoms with E-state index in [0.29, 0.717) is 12.1 Å². The molecule has 0 bridgehead atoms. The second-order valence-corrected chi connectivity index (χ2v) is 4.83. The van der Waals surface area contributed by atoms with Gasteiger partial charge in [-0.25, -0.2) is 0 Å². The Morgan fingerprint density at radius 1 is 1.24 bits per heavy atom. The summed E-state index contributed by atoms with van der Waals surface area (Å²) >= 11 is 0. The molecular formula is C13H21N3O. The molecule has 1 saturated heterocycles. The van der Waals surface area contributed by atoms with Crippen molar-refractivity contribution in [3.8, 4) is 0 Å². The summed E-state index contributed by atoms with van der Waals surface area (Å²) in [6.45, 7) is 8.25. The average Bonchev–Trinajstić information content (AvgIpc) is 2.30. The molecule has 0 aromatic carbocycles. The molecular weight excluding hydrogens is 214 g/mol. The first-order valence-corrected chi connectivity index (χ1v) is 6.30. The molecule has 1 fully saturated rings. The smallest absolute Gasteiger partial charge is 0.250 e. The standard InChI is InChI=1S/C13H21N3O/c1-11-9-14-10-12(2)16(11)8-7-15-6-4-3-5-13(15)17/h3-6,11-12,14H,7-10H2,1-2H3. The largest absolute Gasteiger partial charge is 0.314 e. The van der Waals surface area contributed by atoms with E-state index in [4.69, 9.17) is 0 Å². The first-order valence-electron chi connectivity index (χ1n) is 6.30. The summed E-state index contributed by atoms with van der Waals surface area (Å²) in [5, 5.41) is 3.41. The van der Waals surface area contributed by atoms with E-state index in [-0.39, 0.29) is 5.56 Å². The van der Waals surface area contributed by atoms with Gasteiger partial charge in [0, 0.05) is 50.5 Å². The fourth-order valence-corrected chi connectivity index (χ4v) is 2.48. The summed E-state index contributed by atoms with van der Waals surface area (Å²) in [6, 6.07) is 6.39. The van der Waals surface area contributed by atoms with Crippen molar-refractivity contribution in [3.63, 3.8) is 0 Å². The second kappa shape index (κ2) is 5.47. The molecule has 0 saturated carbocycles. The molecule has 4 nitrogen and oxygen atoms in total. The third-order valence-corrected chi connectivity index (χ3v) is 3.51. The van der Waals surface area contributed by atoms with Crippen molar-refractivity contribution in [1.82, 2.24) is 14.8 Å². The molecule has 2 heterocycles. The molecule has 1 aromatic heterocycles. The van der Waals surface area contributed by atoms with Crippen molar-refractivity contribution >= 4 is 0 Å². The van der Waals surface area contributed by atoms with Crippen LogP contribution in [0.5, 0.6) is 0 Å². The van der Waals surface area contributed by atoms with Crippen molar-refractivity contribution in [1.29, 1.82) is 0 Å².